The number of hydrogen-bond acceptors (Lipinski definition) is 5. The molecule has 6 nitrogen and oxygen atoms in total. The number of aromatic nitrogens is 4. The van der Waals surface area contributed by atoms with Crippen molar-refractivity contribution in [2.45, 2.75) is 45.3 Å². The zero-order valence-corrected chi connectivity index (χ0v) is 20.1. The highest BCUT2D eigenvalue weighted by Crippen LogP contribution is 2.44. The van der Waals surface area contributed by atoms with Crippen molar-refractivity contribution in [3.8, 4) is 0 Å². The van der Waals surface area contributed by atoms with Crippen LogP contribution in [0.4, 0.5) is 10.1 Å². The SMILES string of the molecule is Cc1cc(N2C[C@H]3CC[C@@H](C2)C3Cc2nc3n(n2)CCCO[C@H]3c2cc(F)cc(Cl)c2)ccn1. The van der Waals surface area contributed by atoms with E-state index in [-0.39, 0.29) is 5.82 Å². The summed E-state index contributed by atoms with van der Waals surface area (Å²) >= 11 is 6.13. The van der Waals surface area contributed by atoms with E-state index in [1.807, 2.05) is 17.8 Å². The molecule has 2 fully saturated rings. The van der Waals surface area contributed by atoms with Gasteiger partial charge in [-0.15, -0.1) is 0 Å². The molecule has 34 heavy (non-hydrogen) atoms. The lowest BCUT2D eigenvalue weighted by Gasteiger charge is -2.39. The number of ether oxygens (including phenoxy) is 1. The van der Waals surface area contributed by atoms with Crippen molar-refractivity contribution >= 4 is 17.3 Å². The molecule has 3 aromatic rings. The molecule has 1 saturated carbocycles. The molecule has 178 valence electrons. The molecule has 6 rings (SSSR count). The molecular weight excluding hydrogens is 453 g/mol. The van der Waals surface area contributed by atoms with Gasteiger partial charge < -0.3 is 9.64 Å². The van der Waals surface area contributed by atoms with Gasteiger partial charge in [0.1, 0.15) is 11.9 Å². The molecule has 3 aliphatic rings. The van der Waals surface area contributed by atoms with Crippen LogP contribution in [-0.4, -0.2) is 39.4 Å². The van der Waals surface area contributed by atoms with Crippen molar-refractivity contribution in [3.05, 3.63) is 70.3 Å². The average Bonchev–Trinajstić information content (AvgIpc) is 3.20. The first kappa shape index (κ1) is 22.0. The van der Waals surface area contributed by atoms with Gasteiger partial charge in [0.2, 0.25) is 0 Å². The molecule has 1 aliphatic carbocycles. The van der Waals surface area contributed by atoms with Crippen LogP contribution in [0.5, 0.6) is 0 Å². The normalized spacial score (nSPS) is 26.4. The maximum atomic E-state index is 14.1. The minimum absolute atomic E-state index is 0.363. The summed E-state index contributed by atoms with van der Waals surface area (Å²) in [5, 5.41) is 5.25. The van der Waals surface area contributed by atoms with E-state index in [4.69, 9.17) is 26.4 Å². The van der Waals surface area contributed by atoms with E-state index in [0.717, 1.165) is 49.8 Å². The highest BCUT2D eigenvalue weighted by Gasteiger charge is 2.42. The molecular formula is C26H29ClFN5O. The molecule has 0 amide bonds. The van der Waals surface area contributed by atoms with Crippen LogP contribution < -0.4 is 4.90 Å². The maximum Gasteiger partial charge on any atom is 0.161 e. The number of fused-ring (bicyclic) bond motifs is 3. The van der Waals surface area contributed by atoms with Gasteiger partial charge in [0, 0.05) is 55.3 Å². The first-order valence-electron chi connectivity index (χ1n) is 12.2. The third-order valence-electron chi connectivity index (χ3n) is 7.66. The zero-order valence-electron chi connectivity index (χ0n) is 19.3. The summed E-state index contributed by atoms with van der Waals surface area (Å²) in [7, 11) is 0. The van der Waals surface area contributed by atoms with Crippen molar-refractivity contribution < 1.29 is 9.13 Å². The smallest absolute Gasteiger partial charge is 0.161 e. The fraction of sp³-hybridized carbons (Fsp3) is 0.500. The summed E-state index contributed by atoms with van der Waals surface area (Å²) in [6.07, 6.45) is 5.71. The molecule has 4 heterocycles. The number of halogens is 2. The summed E-state index contributed by atoms with van der Waals surface area (Å²) in [4.78, 5) is 11.8. The van der Waals surface area contributed by atoms with E-state index in [1.165, 1.54) is 30.7 Å². The summed E-state index contributed by atoms with van der Waals surface area (Å²) in [5.74, 6) is 3.15. The van der Waals surface area contributed by atoms with E-state index < -0.39 is 6.10 Å². The van der Waals surface area contributed by atoms with Crippen LogP contribution in [0.2, 0.25) is 5.02 Å². The number of pyridine rings is 1. The van der Waals surface area contributed by atoms with Crippen LogP contribution in [0.25, 0.3) is 0 Å². The van der Waals surface area contributed by atoms with Crippen molar-refractivity contribution in [2.75, 3.05) is 24.6 Å². The largest absolute Gasteiger partial charge is 0.371 e. The minimum atomic E-state index is -0.453. The van der Waals surface area contributed by atoms with Gasteiger partial charge in [0.15, 0.2) is 11.6 Å². The number of piperidine rings is 1. The maximum absolute atomic E-state index is 14.1. The van der Waals surface area contributed by atoms with Gasteiger partial charge in [-0.1, -0.05) is 11.6 Å². The van der Waals surface area contributed by atoms with Gasteiger partial charge in [0.05, 0.1) is 0 Å². The van der Waals surface area contributed by atoms with Crippen LogP contribution in [0, 0.1) is 30.5 Å². The third kappa shape index (κ3) is 4.20. The van der Waals surface area contributed by atoms with E-state index in [9.17, 15) is 4.39 Å². The summed E-state index contributed by atoms with van der Waals surface area (Å²) in [5.41, 5.74) is 3.03. The molecule has 8 heteroatoms. The number of nitrogens with zero attached hydrogens (tertiary/aromatic N) is 5. The lowest BCUT2D eigenvalue weighted by molar-refractivity contribution is 0.0808. The first-order valence-corrected chi connectivity index (χ1v) is 12.6. The standard InChI is InChI=1S/C26H29ClFN5O/c1-16-9-22(5-6-29-16)32-14-17-3-4-18(15-32)23(17)13-24-30-26-25(34-8-2-7-33(26)31-24)19-10-20(27)12-21(28)11-19/h5-6,9-12,17-18,23,25H,2-4,7-8,13-15H2,1H3/t17-,18+,23?,25-/m0/s1. The van der Waals surface area contributed by atoms with Gasteiger partial charge in [-0.3, -0.25) is 4.98 Å². The van der Waals surface area contributed by atoms with E-state index >= 15 is 0 Å². The highest BCUT2D eigenvalue weighted by molar-refractivity contribution is 6.30. The summed E-state index contributed by atoms with van der Waals surface area (Å²) in [6.45, 7) is 5.54. The first-order chi connectivity index (χ1) is 16.5. The van der Waals surface area contributed by atoms with Crippen LogP contribution in [0.1, 0.15) is 48.3 Å². The van der Waals surface area contributed by atoms with Crippen LogP contribution >= 0.6 is 11.6 Å². The van der Waals surface area contributed by atoms with Gasteiger partial charge in [0.25, 0.3) is 0 Å². The fourth-order valence-corrected chi connectivity index (χ4v) is 6.36. The third-order valence-corrected chi connectivity index (χ3v) is 7.88. The van der Waals surface area contributed by atoms with Crippen molar-refractivity contribution in [1.82, 2.24) is 19.7 Å². The number of hydrogen-bond donors (Lipinski definition) is 0. The number of aryl methyl sites for hydroxylation is 2. The van der Waals surface area contributed by atoms with Gasteiger partial charge in [-0.2, -0.15) is 5.10 Å². The number of rotatable bonds is 4. The zero-order chi connectivity index (χ0) is 23.2. The molecule has 2 aliphatic heterocycles. The lowest BCUT2D eigenvalue weighted by atomic mass is 9.82. The fourth-order valence-electron chi connectivity index (χ4n) is 6.13. The van der Waals surface area contributed by atoms with Gasteiger partial charge >= 0.3 is 0 Å². The van der Waals surface area contributed by atoms with E-state index in [1.54, 1.807) is 6.07 Å². The summed E-state index contributed by atoms with van der Waals surface area (Å²) in [6, 6.07) is 8.87. The molecule has 1 saturated heterocycles. The second-order valence-corrected chi connectivity index (χ2v) is 10.4. The molecule has 4 atom stereocenters. The van der Waals surface area contributed by atoms with E-state index in [2.05, 4.69) is 22.0 Å². The quantitative estimate of drug-likeness (QED) is 0.525. The summed E-state index contributed by atoms with van der Waals surface area (Å²) < 4.78 is 22.1. The Kier molecular flexibility index (Phi) is 5.77. The predicted octanol–water partition coefficient (Wildman–Crippen LogP) is 4.99. The van der Waals surface area contributed by atoms with Crippen LogP contribution in [-0.2, 0) is 17.7 Å². The Bertz CT molecular complexity index is 1170. The Labute approximate surface area is 204 Å². The molecule has 0 radical (unpaired) electrons. The Hall–Kier alpha value is -2.51. The minimum Gasteiger partial charge on any atom is -0.371 e. The molecule has 0 N–H and O–H groups in total. The number of benzene rings is 1. The highest BCUT2D eigenvalue weighted by atomic mass is 35.5. The van der Waals surface area contributed by atoms with Crippen LogP contribution in [0.3, 0.4) is 0 Å². The monoisotopic (exact) mass is 481 g/mol. The lowest BCUT2D eigenvalue weighted by Crippen LogP contribution is -2.42. The molecule has 2 bridgehead atoms. The topological polar surface area (TPSA) is 56.1 Å². The van der Waals surface area contributed by atoms with E-state index in [0.29, 0.717) is 34.9 Å². The van der Waals surface area contributed by atoms with Crippen molar-refractivity contribution in [1.29, 1.82) is 0 Å². The average molecular weight is 482 g/mol. The van der Waals surface area contributed by atoms with Gasteiger partial charge in [-0.25, -0.2) is 14.1 Å². The Balaban J connectivity index is 1.22. The second-order valence-electron chi connectivity index (χ2n) is 9.94. The Morgan fingerprint density at radius 1 is 1.15 bits per heavy atom. The number of anilines is 1. The second kappa shape index (κ2) is 8.93. The molecule has 2 aromatic heterocycles. The van der Waals surface area contributed by atoms with Crippen LogP contribution in [0.15, 0.2) is 36.5 Å². The van der Waals surface area contributed by atoms with Crippen molar-refractivity contribution in [2.24, 2.45) is 17.8 Å². The Morgan fingerprint density at radius 2 is 1.97 bits per heavy atom. The van der Waals surface area contributed by atoms with Gasteiger partial charge in [-0.05, 0) is 79.8 Å². The molecule has 1 unspecified atom stereocenters. The van der Waals surface area contributed by atoms with Crippen molar-refractivity contribution in [3.63, 3.8) is 0 Å². The Morgan fingerprint density at radius 3 is 2.74 bits per heavy atom. The molecule has 1 aromatic carbocycles. The molecule has 0 spiro atoms. The predicted molar refractivity (Wildman–Crippen MR) is 128 cm³/mol.